The number of fused-ring (bicyclic) bond motifs is 1. The Morgan fingerprint density at radius 2 is 1.51 bits per heavy atom. The lowest BCUT2D eigenvalue weighted by Gasteiger charge is -2.29. The molecule has 2 aromatic carbocycles. The average molecular weight is 533 g/mol. The maximum absolute atomic E-state index is 13.2. The zero-order valence-electron chi connectivity index (χ0n) is 22.6. The van der Waals surface area contributed by atoms with Gasteiger partial charge in [-0.05, 0) is 79.1 Å². The van der Waals surface area contributed by atoms with Gasteiger partial charge in [-0.1, -0.05) is 12.5 Å². The van der Waals surface area contributed by atoms with Gasteiger partial charge in [-0.25, -0.2) is 0 Å². The van der Waals surface area contributed by atoms with E-state index in [2.05, 4.69) is 21.9 Å². The molecule has 0 saturated carbocycles. The van der Waals surface area contributed by atoms with Crippen LogP contribution in [0.4, 0.5) is 0 Å². The molecule has 1 unspecified atom stereocenters. The Balaban J connectivity index is 0.00000380. The molecular formula is C29H41ClN2O5. The Hall–Kier alpha value is -2.64. The van der Waals surface area contributed by atoms with Crippen molar-refractivity contribution in [2.24, 2.45) is 5.92 Å². The van der Waals surface area contributed by atoms with Crippen molar-refractivity contribution in [3.05, 3.63) is 47.0 Å². The lowest BCUT2D eigenvalue weighted by Crippen LogP contribution is -2.40. The minimum atomic E-state index is 0. The summed E-state index contributed by atoms with van der Waals surface area (Å²) in [6.45, 7) is 4.73. The molecule has 0 radical (unpaired) electrons. The lowest BCUT2D eigenvalue weighted by molar-refractivity contribution is -0.130. The van der Waals surface area contributed by atoms with Gasteiger partial charge in [-0.15, -0.1) is 12.4 Å². The normalized spacial score (nSPS) is 18.2. The third kappa shape index (κ3) is 7.23. The smallest absolute Gasteiger partial charge is 0.227 e. The minimum Gasteiger partial charge on any atom is -0.493 e. The second-order valence-electron chi connectivity index (χ2n) is 9.84. The molecule has 7 nitrogen and oxygen atoms in total. The van der Waals surface area contributed by atoms with Crippen LogP contribution in [0.2, 0.25) is 0 Å². The van der Waals surface area contributed by atoms with Crippen LogP contribution in [-0.2, 0) is 24.1 Å². The molecule has 0 aliphatic carbocycles. The van der Waals surface area contributed by atoms with E-state index < -0.39 is 0 Å². The first kappa shape index (κ1) is 28.9. The molecular weight excluding hydrogens is 492 g/mol. The zero-order valence-corrected chi connectivity index (χ0v) is 23.4. The number of rotatable bonds is 9. The van der Waals surface area contributed by atoms with Gasteiger partial charge in [0.2, 0.25) is 5.91 Å². The van der Waals surface area contributed by atoms with Crippen molar-refractivity contribution in [3.8, 4) is 23.0 Å². The fourth-order valence-electron chi connectivity index (χ4n) is 5.51. The van der Waals surface area contributed by atoms with Crippen LogP contribution < -0.4 is 18.9 Å². The molecule has 4 rings (SSSR count). The molecule has 8 heteroatoms. The molecule has 1 atom stereocenters. The summed E-state index contributed by atoms with van der Waals surface area (Å²) in [7, 11) is 6.63. The highest BCUT2D eigenvalue weighted by Gasteiger charge is 2.26. The molecule has 1 saturated heterocycles. The summed E-state index contributed by atoms with van der Waals surface area (Å²) < 4.78 is 21.8. The predicted octanol–water partition coefficient (Wildman–Crippen LogP) is 4.41. The van der Waals surface area contributed by atoms with E-state index in [-0.39, 0.29) is 18.3 Å². The van der Waals surface area contributed by atoms with Crippen molar-refractivity contribution in [2.45, 2.75) is 38.5 Å². The van der Waals surface area contributed by atoms with Gasteiger partial charge in [-0.2, -0.15) is 0 Å². The third-order valence-electron chi connectivity index (χ3n) is 7.55. The molecule has 0 bridgehead atoms. The number of carbonyl (C=O) groups is 1. The summed E-state index contributed by atoms with van der Waals surface area (Å²) in [5, 5.41) is 0. The number of nitrogens with zero attached hydrogens (tertiary/aromatic N) is 2. The molecule has 0 aromatic heterocycles. The Morgan fingerprint density at radius 1 is 0.838 bits per heavy atom. The lowest BCUT2D eigenvalue weighted by atomic mass is 10.0. The van der Waals surface area contributed by atoms with Gasteiger partial charge in [0.25, 0.3) is 0 Å². The fraction of sp³-hybridized carbons (Fsp3) is 0.552. The topological polar surface area (TPSA) is 60.5 Å². The van der Waals surface area contributed by atoms with Crippen molar-refractivity contribution in [2.75, 3.05) is 61.2 Å². The Morgan fingerprint density at radius 3 is 2.22 bits per heavy atom. The van der Waals surface area contributed by atoms with E-state index >= 15 is 0 Å². The second kappa shape index (κ2) is 13.8. The van der Waals surface area contributed by atoms with Gasteiger partial charge in [0.05, 0.1) is 34.9 Å². The standard InChI is InChI=1S/C29H40N2O5.ClH/c1-33-25-9-8-21(15-26(25)34-2)10-13-30-12-6-5-7-22(19-30)20-31-14-11-23-16-27(35-3)28(36-4)17-24(23)18-29(31)32;/h8-9,15-17,22H,5-7,10-14,18-20H2,1-4H3;1H. The van der Waals surface area contributed by atoms with Crippen LogP contribution in [0.25, 0.3) is 0 Å². The van der Waals surface area contributed by atoms with Gasteiger partial charge >= 0.3 is 0 Å². The van der Waals surface area contributed by atoms with Gasteiger partial charge in [0.15, 0.2) is 23.0 Å². The predicted molar refractivity (Wildman–Crippen MR) is 148 cm³/mol. The number of hydrogen-bond acceptors (Lipinski definition) is 6. The van der Waals surface area contributed by atoms with Gasteiger partial charge in [-0.3, -0.25) is 4.79 Å². The minimum absolute atomic E-state index is 0. The highest BCUT2D eigenvalue weighted by molar-refractivity contribution is 5.85. The van der Waals surface area contributed by atoms with Crippen molar-refractivity contribution in [3.63, 3.8) is 0 Å². The summed E-state index contributed by atoms with van der Waals surface area (Å²) in [5.41, 5.74) is 3.48. The SMILES string of the molecule is COc1ccc(CCN2CCCCC(CN3CCc4cc(OC)c(OC)cc4CC3=O)C2)cc1OC.Cl. The Kier molecular flexibility index (Phi) is 10.8. The van der Waals surface area contributed by atoms with Crippen molar-refractivity contribution in [1.82, 2.24) is 9.80 Å². The number of amides is 1. The van der Waals surface area contributed by atoms with Crippen LogP contribution in [0, 0.1) is 5.92 Å². The summed E-state index contributed by atoms with van der Waals surface area (Å²) >= 11 is 0. The van der Waals surface area contributed by atoms with E-state index in [1.165, 1.54) is 30.4 Å². The molecule has 2 aromatic rings. The first-order valence-electron chi connectivity index (χ1n) is 13.0. The molecule has 0 N–H and O–H groups in total. The van der Waals surface area contributed by atoms with Crippen LogP contribution in [-0.4, -0.2) is 76.9 Å². The number of methoxy groups -OCH3 is 4. The van der Waals surface area contributed by atoms with E-state index in [9.17, 15) is 4.79 Å². The quantitative estimate of drug-likeness (QED) is 0.476. The van der Waals surface area contributed by atoms with Gasteiger partial charge < -0.3 is 28.7 Å². The number of benzene rings is 2. The molecule has 37 heavy (non-hydrogen) atoms. The maximum Gasteiger partial charge on any atom is 0.227 e. The van der Waals surface area contributed by atoms with E-state index in [1.807, 2.05) is 18.2 Å². The first-order valence-corrected chi connectivity index (χ1v) is 13.0. The highest BCUT2D eigenvalue weighted by Crippen LogP contribution is 2.33. The number of carbonyl (C=O) groups excluding carboxylic acids is 1. The largest absolute Gasteiger partial charge is 0.493 e. The van der Waals surface area contributed by atoms with Gasteiger partial charge in [0, 0.05) is 26.2 Å². The van der Waals surface area contributed by atoms with Crippen LogP contribution in [0.3, 0.4) is 0 Å². The second-order valence-corrected chi connectivity index (χ2v) is 9.84. The summed E-state index contributed by atoms with van der Waals surface area (Å²) in [4.78, 5) is 17.9. The van der Waals surface area contributed by atoms with Crippen LogP contribution >= 0.6 is 12.4 Å². The maximum atomic E-state index is 13.2. The van der Waals surface area contributed by atoms with E-state index in [4.69, 9.17) is 18.9 Å². The molecule has 0 spiro atoms. The van der Waals surface area contributed by atoms with Crippen LogP contribution in [0.5, 0.6) is 23.0 Å². The molecule has 2 heterocycles. The molecule has 2 aliphatic rings. The zero-order chi connectivity index (χ0) is 25.5. The molecule has 204 valence electrons. The van der Waals surface area contributed by atoms with Crippen molar-refractivity contribution < 1.29 is 23.7 Å². The number of likely N-dealkylation sites (tertiary alicyclic amines) is 1. The number of hydrogen-bond donors (Lipinski definition) is 0. The molecule has 1 fully saturated rings. The molecule has 2 aliphatic heterocycles. The average Bonchev–Trinajstić information content (AvgIpc) is 3.22. The summed E-state index contributed by atoms with van der Waals surface area (Å²) in [6.07, 6.45) is 5.83. The fourth-order valence-corrected chi connectivity index (χ4v) is 5.51. The van der Waals surface area contributed by atoms with E-state index in [1.54, 1.807) is 28.4 Å². The number of ether oxygens (including phenoxy) is 4. The highest BCUT2D eigenvalue weighted by atomic mass is 35.5. The Labute approximate surface area is 227 Å². The van der Waals surface area contributed by atoms with Crippen LogP contribution in [0.1, 0.15) is 36.0 Å². The van der Waals surface area contributed by atoms with Crippen molar-refractivity contribution >= 4 is 18.3 Å². The third-order valence-corrected chi connectivity index (χ3v) is 7.55. The van der Waals surface area contributed by atoms with Crippen LogP contribution in [0.15, 0.2) is 30.3 Å². The first-order chi connectivity index (χ1) is 17.5. The number of halogens is 1. The van der Waals surface area contributed by atoms with Crippen molar-refractivity contribution in [1.29, 1.82) is 0 Å². The van der Waals surface area contributed by atoms with E-state index in [0.717, 1.165) is 68.4 Å². The summed E-state index contributed by atoms with van der Waals surface area (Å²) in [5.74, 6) is 3.66. The Bertz CT molecular complexity index is 1050. The van der Waals surface area contributed by atoms with Gasteiger partial charge in [0.1, 0.15) is 0 Å². The molecule has 1 amide bonds. The van der Waals surface area contributed by atoms with E-state index in [0.29, 0.717) is 18.1 Å². The monoisotopic (exact) mass is 532 g/mol. The summed E-state index contributed by atoms with van der Waals surface area (Å²) in [6, 6.07) is 10.2.